The Morgan fingerprint density at radius 2 is 1.86 bits per heavy atom. The molecule has 0 fully saturated rings. The zero-order valence-electron chi connectivity index (χ0n) is 12.5. The van der Waals surface area contributed by atoms with E-state index in [1.54, 1.807) is 12.1 Å². The molecule has 0 saturated carbocycles. The SMILES string of the molecule is CC(=O)O.CCC1(CC)OC(=O)c2cc(CN)ccc2O1. The van der Waals surface area contributed by atoms with Crippen LogP contribution in [0.4, 0.5) is 0 Å². The van der Waals surface area contributed by atoms with Crippen LogP contribution >= 0.6 is 0 Å². The van der Waals surface area contributed by atoms with Crippen LogP contribution in [0.3, 0.4) is 0 Å². The third kappa shape index (κ3) is 4.19. The van der Waals surface area contributed by atoms with Crippen molar-refractivity contribution in [1.29, 1.82) is 0 Å². The molecule has 0 aromatic heterocycles. The average molecular weight is 295 g/mol. The summed E-state index contributed by atoms with van der Waals surface area (Å²) < 4.78 is 11.2. The largest absolute Gasteiger partial charge is 0.481 e. The van der Waals surface area contributed by atoms with Crippen LogP contribution in [0, 0.1) is 0 Å². The van der Waals surface area contributed by atoms with Gasteiger partial charge in [0, 0.05) is 26.3 Å². The van der Waals surface area contributed by atoms with Crippen LogP contribution in [0.25, 0.3) is 0 Å². The lowest BCUT2D eigenvalue weighted by atomic mass is 10.1. The van der Waals surface area contributed by atoms with Crippen molar-refractivity contribution in [1.82, 2.24) is 0 Å². The number of cyclic esters (lactones) is 1. The molecule has 1 aromatic rings. The summed E-state index contributed by atoms with van der Waals surface area (Å²) in [5, 5.41) is 7.42. The van der Waals surface area contributed by atoms with Gasteiger partial charge >= 0.3 is 5.97 Å². The van der Waals surface area contributed by atoms with Crippen LogP contribution in [0.2, 0.25) is 0 Å². The van der Waals surface area contributed by atoms with Gasteiger partial charge in [-0.15, -0.1) is 0 Å². The first kappa shape index (κ1) is 17.0. The molecule has 1 aliphatic rings. The third-order valence-corrected chi connectivity index (χ3v) is 3.15. The van der Waals surface area contributed by atoms with E-state index in [-0.39, 0.29) is 5.97 Å². The van der Waals surface area contributed by atoms with Gasteiger partial charge in [0.05, 0.1) is 0 Å². The molecule has 6 nitrogen and oxygen atoms in total. The second-order valence-corrected chi connectivity index (χ2v) is 4.66. The summed E-state index contributed by atoms with van der Waals surface area (Å²) in [7, 11) is 0. The minimum atomic E-state index is -0.833. The first-order valence-corrected chi connectivity index (χ1v) is 6.82. The number of aliphatic carboxylic acids is 1. The summed E-state index contributed by atoms with van der Waals surface area (Å²) in [6.45, 7) is 5.36. The van der Waals surface area contributed by atoms with Gasteiger partial charge in [-0.05, 0) is 17.7 Å². The van der Waals surface area contributed by atoms with Crippen molar-refractivity contribution in [2.24, 2.45) is 5.73 Å². The molecule has 0 radical (unpaired) electrons. The van der Waals surface area contributed by atoms with Crippen molar-refractivity contribution in [3.8, 4) is 5.75 Å². The molecule has 0 saturated heterocycles. The number of carboxylic acid groups (broad SMARTS) is 1. The summed E-state index contributed by atoms with van der Waals surface area (Å²) in [6.07, 6.45) is 1.26. The zero-order valence-corrected chi connectivity index (χ0v) is 12.5. The molecular weight excluding hydrogens is 274 g/mol. The number of carbonyl (C=O) groups excluding carboxylic acids is 1. The van der Waals surface area contributed by atoms with Crippen LogP contribution in [0.1, 0.15) is 49.5 Å². The quantitative estimate of drug-likeness (QED) is 0.830. The molecule has 0 spiro atoms. The maximum atomic E-state index is 11.9. The molecule has 0 unspecified atom stereocenters. The van der Waals surface area contributed by atoms with E-state index in [0.717, 1.165) is 12.5 Å². The van der Waals surface area contributed by atoms with E-state index in [1.165, 1.54) is 0 Å². The van der Waals surface area contributed by atoms with Crippen molar-refractivity contribution < 1.29 is 24.2 Å². The fourth-order valence-electron chi connectivity index (χ4n) is 1.94. The van der Waals surface area contributed by atoms with E-state index < -0.39 is 11.8 Å². The molecular formula is C15H21NO5. The highest BCUT2D eigenvalue weighted by atomic mass is 16.7. The maximum Gasteiger partial charge on any atom is 0.345 e. The van der Waals surface area contributed by atoms with Gasteiger partial charge in [-0.2, -0.15) is 0 Å². The highest BCUT2D eigenvalue weighted by Crippen LogP contribution is 2.35. The smallest absolute Gasteiger partial charge is 0.345 e. The Morgan fingerprint density at radius 3 is 2.33 bits per heavy atom. The molecule has 1 aromatic carbocycles. The van der Waals surface area contributed by atoms with Crippen LogP contribution in [-0.2, 0) is 16.1 Å². The number of fused-ring (bicyclic) bond motifs is 1. The van der Waals surface area contributed by atoms with Gasteiger partial charge in [0.2, 0.25) is 0 Å². The number of benzene rings is 1. The van der Waals surface area contributed by atoms with E-state index in [9.17, 15) is 4.79 Å². The number of ether oxygens (including phenoxy) is 2. The fourth-order valence-corrected chi connectivity index (χ4v) is 1.94. The standard InChI is InChI=1S/C13H17NO3.C2H4O2/c1-3-13(4-2)16-11-6-5-9(8-14)7-10(11)12(15)17-13;1-2(3)4/h5-7H,3-4,8,14H2,1-2H3;1H3,(H,3,4). The number of esters is 1. The van der Waals surface area contributed by atoms with E-state index in [4.69, 9.17) is 25.1 Å². The monoisotopic (exact) mass is 295 g/mol. The van der Waals surface area contributed by atoms with Crippen molar-refractivity contribution in [2.45, 2.75) is 45.9 Å². The second kappa shape index (κ2) is 7.08. The number of hydrogen-bond acceptors (Lipinski definition) is 5. The molecule has 116 valence electrons. The Bertz CT molecular complexity index is 519. The molecule has 6 heteroatoms. The Kier molecular flexibility index (Phi) is 5.72. The summed E-state index contributed by atoms with van der Waals surface area (Å²) in [6, 6.07) is 5.39. The molecule has 0 atom stereocenters. The van der Waals surface area contributed by atoms with Gasteiger partial charge in [0.25, 0.3) is 11.8 Å². The van der Waals surface area contributed by atoms with E-state index in [2.05, 4.69) is 0 Å². The maximum absolute atomic E-state index is 11.9. The average Bonchev–Trinajstić information content (AvgIpc) is 2.46. The minimum absolute atomic E-state index is 0.328. The summed E-state index contributed by atoms with van der Waals surface area (Å²) >= 11 is 0. The number of carbonyl (C=O) groups is 2. The van der Waals surface area contributed by atoms with Crippen LogP contribution in [0.15, 0.2) is 18.2 Å². The van der Waals surface area contributed by atoms with Crippen molar-refractivity contribution in [3.63, 3.8) is 0 Å². The van der Waals surface area contributed by atoms with Gasteiger partial charge in [-0.1, -0.05) is 19.9 Å². The van der Waals surface area contributed by atoms with Crippen LogP contribution < -0.4 is 10.5 Å². The first-order chi connectivity index (χ1) is 9.87. The predicted octanol–water partition coefficient (Wildman–Crippen LogP) is 2.30. The first-order valence-electron chi connectivity index (χ1n) is 6.82. The molecule has 0 amide bonds. The normalized spacial score (nSPS) is 15.0. The number of carboxylic acids is 1. The summed E-state index contributed by atoms with van der Waals surface area (Å²) in [5.74, 6) is -1.39. The van der Waals surface area contributed by atoms with E-state index in [1.807, 2.05) is 19.9 Å². The van der Waals surface area contributed by atoms with Crippen LogP contribution in [0.5, 0.6) is 5.75 Å². The minimum Gasteiger partial charge on any atom is -0.481 e. The number of rotatable bonds is 3. The zero-order chi connectivity index (χ0) is 16.0. The highest BCUT2D eigenvalue weighted by Gasteiger charge is 2.39. The highest BCUT2D eigenvalue weighted by molar-refractivity contribution is 5.93. The lowest BCUT2D eigenvalue weighted by Gasteiger charge is -2.36. The Hall–Kier alpha value is -2.08. The van der Waals surface area contributed by atoms with Crippen molar-refractivity contribution in [3.05, 3.63) is 29.3 Å². The Labute approximate surface area is 123 Å². The fraction of sp³-hybridized carbons (Fsp3) is 0.467. The lowest BCUT2D eigenvalue weighted by molar-refractivity contribution is -0.158. The number of hydrogen-bond donors (Lipinski definition) is 2. The van der Waals surface area contributed by atoms with E-state index in [0.29, 0.717) is 30.7 Å². The summed E-state index contributed by atoms with van der Waals surface area (Å²) in [4.78, 5) is 20.9. The predicted molar refractivity (Wildman–Crippen MR) is 77.0 cm³/mol. The van der Waals surface area contributed by atoms with E-state index >= 15 is 0 Å². The summed E-state index contributed by atoms with van der Waals surface area (Å²) in [5.41, 5.74) is 6.90. The molecule has 0 aliphatic carbocycles. The van der Waals surface area contributed by atoms with Gasteiger partial charge in [0.15, 0.2) is 0 Å². The van der Waals surface area contributed by atoms with Gasteiger partial charge in [0.1, 0.15) is 11.3 Å². The second-order valence-electron chi connectivity index (χ2n) is 4.66. The Morgan fingerprint density at radius 1 is 1.29 bits per heavy atom. The molecule has 3 N–H and O–H groups in total. The Balaban J connectivity index is 0.000000491. The van der Waals surface area contributed by atoms with Gasteiger partial charge < -0.3 is 20.3 Å². The molecule has 1 aliphatic heterocycles. The van der Waals surface area contributed by atoms with Gasteiger partial charge in [-0.3, -0.25) is 4.79 Å². The van der Waals surface area contributed by atoms with Crippen molar-refractivity contribution >= 4 is 11.9 Å². The van der Waals surface area contributed by atoms with Gasteiger partial charge in [-0.25, -0.2) is 4.79 Å². The topological polar surface area (TPSA) is 98.9 Å². The van der Waals surface area contributed by atoms with Crippen molar-refractivity contribution in [2.75, 3.05) is 0 Å². The van der Waals surface area contributed by atoms with Crippen LogP contribution in [-0.4, -0.2) is 22.8 Å². The molecule has 2 rings (SSSR count). The molecule has 21 heavy (non-hydrogen) atoms. The number of nitrogens with two attached hydrogens (primary N) is 1. The molecule has 0 bridgehead atoms. The third-order valence-electron chi connectivity index (χ3n) is 3.15. The lowest BCUT2D eigenvalue weighted by Crippen LogP contribution is -2.43. The molecule has 1 heterocycles.